The summed E-state index contributed by atoms with van der Waals surface area (Å²) < 4.78 is 10.8. The van der Waals surface area contributed by atoms with E-state index in [-0.39, 0.29) is 42.6 Å². The first-order valence-electron chi connectivity index (χ1n) is 12.6. The summed E-state index contributed by atoms with van der Waals surface area (Å²) >= 11 is 3.35. The van der Waals surface area contributed by atoms with Gasteiger partial charge in [-0.25, -0.2) is 0 Å². The summed E-state index contributed by atoms with van der Waals surface area (Å²) in [5.74, 6) is -1.76. The summed E-state index contributed by atoms with van der Waals surface area (Å²) in [7, 11) is 0. The molecule has 2 N–H and O–H groups in total. The molecule has 0 aromatic heterocycles. The molecule has 2 rings (SSSR count). The van der Waals surface area contributed by atoms with Gasteiger partial charge in [-0.3, -0.25) is 19.2 Å². The predicted octanol–water partition coefficient (Wildman–Crippen LogP) is 6.86. The second kappa shape index (κ2) is 14.4. The summed E-state index contributed by atoms with van der Waals surface area (Å²) in [6.45, 7) is 11.8. The maximum atomic E-state index is 12.2. The van der Waals surface area contributed by atoms with Gasteiger partial charge in [-0.1, -0.05) is 0 Å². The minimum absolute atomic E-state index is 0.0485. The van der Waals surface area contributed by atoms with Crippen LogP contribution in [0.2, 0.25) is 0 Å². The van der Waals surface area contributed by atoms with Crippen LogP contribution in [0.15, 0.2) is 34.1 Å². The molecule has 0 unspecified atom stereocenters. The maximum Gasteiger partial charge on any atom is 0.311 e. The Kier molecular flexibility index (Phi) is 11.9. The number of carbonyl (C=O) groups excluding carboxylic acids is 2. The summed E-state index contributed by atoms with van der Waals surface area (Å²) in [4.78, 5) is 47.7. The van der Waals surface area contributed by atoms with Crippen molar-refractivity contribution in [2.24, 2.45) is 0 Å². The Morgan fingerprint density at radius 1 is 0.641 bits per heavy atom. The van der Waals surface area contributed by atoms with Gasteiger partial charge >= 0.3 is 23.9 Å². The van der Waals surface area contributed by atoms with Crippen LogP contribution in [0.1, 0.15) is 74.6 Å². The Bertz CT molecular complexity index is 1100. The van der Waals surface area contributed by atoms with E-state index in [0.29, 0.717) is 11.5 Å². The molecule has 0 radical (unpaired) electrons. The van der Waals surface area contributed by atoms with Gasteiger partial charge in [0.2, 0.25) is 0 Å². The molecule has 212 valence electrons. The van der Waals surface area contributed by atoms with Crippen molar-refractivity contribution in [1.29, 1.82) is 0 Å². The number of aliphatic carboxylic acids is 2. The van der Waals surface area contributed by atoms with Crippen LogP contribution >= 0.6 is 23.5 Å². The zero-order valence-corrected chi connectivity index (χ0v) is 24.8. The molecular formula is C29H36O8S2. The fraction of sp³-hybridized carbons (Fsp3) is 0.448. The van der Waals surface area contributed by atoms with Crippen LogP contribution in [0.25, 0.3) is 0 Å². The molecule has 0 amide bonds. The van der Waals surface area contributed by atoms with Gasteiger partial charge in [0.15, 0.2) is 0 Å². The van der Waals surface area contributed by atoms with Gasteiger partial charge in [0.25, 0.3) is 0 Å². The van der Waals surface area contributed by atoms with Gasteiger partial charge in [-0.2, -0.15) is 0 Å². The zero-order valence-electron chi connectivity index (χ0n) is 23.2. The molecule has 2 aromatic carbocycles. The van der Waals surface area contributed by atoms with Crippen molar-refractivity contribution in [3.05, 3.63) is 46.5 Å². The highest BCUT2D eigenvalue weighted by Gasteiger charge is 2.24. The van der Waals surface area contributed by atoms with Crippen molar-refractivity contribution in [3.63, 3.8) is 0 Å². The van der Waals surface area contributed by atoms with Crippen molar-refractivity contribution >= 4 is 47.4 Å². The van der Waals surface area contributed by atoms with Gasteiger partial charge in [0.1, 0.15) is 11.5 Å². The van der Waals surface area contributed by atoms with Crippen LogP contribution in [0, 0.1) is 27.7 Å². The van der Waals surface area contributed by atoms with Crippen molar-refractivity contribution in [2.75, 3.05) is 0 Å². The Hall–Kier alpha value is -2.98. The quantitative estimate of drug-likeness (QED) is 0.106. The number of hydrogen-bond donors (Lipinski definition) is 2. The summed E-state index contributed by atoms with van der Waals surface area (Å²) in [6, 6.07) is 7.90. The predicted molar refractivity (Wildman–Crippen MR) is 152 cm³/mol. The zero-order chi connectivity index (χ0) is 29.3. The summed E-state index contributed by atoms with van der Waals surface area (Å²) in [5.41, 5.74) is 3.30. The minimum Gasteiger partial charge on any atom is -0.481 e. The number of hydrogen-bond acceptors (Lipinski definition) is 8. The highest BCUT2D eigenvalue weighted by atomic mass is 32.2. The van der Waals surface area contributed by atoms with Crippen LogP contribution in [-0.4, -0.2) is 38.2 Å². The lowest BCUT2D eigenvalue weighted by Crippen LogP contribution is -2.12. The van der Waals surface area contributed by atoms with E-state index in [4.69, 9.17) is 19.7 Å². The number of aryl methyl sites for hydroxylation is 4. The van der Waals surface area contributed by atoms with Crippen molar-refractivity contribution in [1.82, 2.24) is 0 Å². The van der Waals surface area contributed by atoms with Gasteiger partial charge < -0.3 is 19.7 Å². The van der Waals surface area contributed by atoms with E-state index in [1.165, 1.54) is 0 Å². The van der Waals surface area contributed by atoms with Crippen molar-refractivity contribution in [3.8, 4) is 11.5 Å². The summed E-state index contributed by atoms with van der Waals surface area (Å²) in [6.07, 6.45) is 0.426. The average molecular weight is 577 g/mol. The molecule has 39 heavy (non-hydrogen) atoms. The lowest BCUT2D eigenvalue weighted by Gasteiger charge is -2.25. The van der Waals surface area contributed by atoms with E-state index >= 15 is 0 Å². The molecule has 0 atom stereocenters. The number of benzene rings is 2. The molecular weight excluding hydrogens is 540 g/mol. The third kappa shape index (κ3) is 11.0. The Morgan fingerprint density at radius 2 is 0.949 bits per heavy atom. The Morgan fingerprint density at radius 3 is 1.23 bits per heavy atom. The monoisotopic (exact) mass is 576 g/mol. The lowest BCUT2D eigenvalue weighted by atomic mass is 10.1. The van der Waals surface area contributed by atoms with E-state index in [9.17, 15) is 19.2 Å². The first kappa shape index (κ1) is 32.2. The standard InChI is InChI=1S/C29H36O8S2/c1-17-13-21(14-18(2)27(17)36-25(34)11-7-9-23(30)31)38-29(5,6)39-22-15-19(3)28(20(4)16-22)37-26(35)12-8-10-24(32)33/h13-16H,7-12H2,1-6H3,(H,30,31)(H,32,33). The van der Waals surface area contributed by atoms with Crippen LogP contribution < -0.4 is 9.47 Å². The second-order valence-corrected chi connectivity index (χ2v) is 13.5. The molecule has 0 fully saturated rings. The Balaban J connectivity index is 2.06. The largest absolute Gasteiger partial charge is 0.481 e. The fourth-order valence-electron chi connectivity index (χ4n) is 3.95. The number of rotatable bonds is 14. The molecule has 0 saturated carbocycles. The van der Waals surface area contributed by atoms with Crippen LogP contribution in [0.5, 0.6) is 11.5 Å². The van der Waals surface area contributed by atoms with Crippen molar-refractivity contribution < 1.29 is 38.9 Å². The summed E-state index contributed by atoms with van der Waals surface area (Å²) in [5, 5.41) is 17.5. The first-order valence-corrected chi connectivity index (χ1v) is 14.3. The van der Waals surface area contributed by atoms with E-state index in [0.717, 1.165) is 32.0 Å². The third-order valence-corrected chi connectivity index (χ3v) is 8.00. The number of esters is 2. The molecule has 0 aliphatic carbocycles. The molecule has 0 aliphatic rings. The van der Waals surface area contributed by atoms with E-state index in [1.807, 2.05) is 52.0 Å². The van der Waals surface area contributed by atoms with E-state index < -0.39 is 23.9 Å². The number of thioether (sulfide) groups is 2. The highest BCUT2D eigenvalue weighted by Crippen LogP contribution is 2.47. The van der Waals surface area contributed by atoms with Gasteiger partial charge in [0.05, 0.1) is 4.08 Å². The van der Waals surface area contributed by atoms with Crippen LogP contribution in [0.4, 0.5) is 0 Å². The number of carboxylic acid groups (broad SMARTS) is 2. The molecule has 0 heterocycles. The van der Waals surface area contributed by atoms with Gasteiger partial charge in [0, 0.05) is 35.5 Å². The third-order valence-electron chi connectivity index (χ3n) is 5.57. The first-order chi connectivity index (χ1) is 18.2. The van der Waals surface area contributed by atoms with E-state index in [2.05, 4.69) is 13.8 Å². The average Bonchev–Trinajstić information content (AvgIpc) is 2.77. The molecule has 0 saturated heterocycles. The van der Waals surface area contributed by atoms with Gasteiger partial charge in [-0.15, -0.1) is 23.5 Å². The SMILES string of the molecule is Cc1cc(SC(C)(C)Sc2cc(C)c(OC(=O)CCCC(=O)O)c(C)c2)cc(C)c1OC(=O)CCCC(=O)O. The number of carboxylic acids is 2. The van der Waals surface area contributed by atoms with Crippen LogP contribution in [-0.2, 0) is 19.2 Å². The lowest BCUT2D eigenvalue weighted by molar-refractivity contribution is -0.139. The minimum atomic E-state index is -0.938. The molecule has 2 aromatic rings. The smallest absolute Gasteiger partial charge is 0.311 e. The Labute approximate surface area is 237 Å². The molecule has 10 heteroatoms. The number of ether oxygens (including phenoxy) is 2. The van der Waals surface area contributed by atoms with E-state index in [1.54, 1.807) is 23.5 Å². The second-order valence-electron chi connectivity index (χ2n) is 9.82. The van der Waals surface area contributed by atoms with Crippen LogP contribution in [0.3, 0.4) is 0 Å². The topological polar surface area (TPSA) is 127 Å². The van der Waals surface area contributed by atoms with Gasteiger partial charge in [-0.05, 0) is 101 Å². The van der Waals surface area contributed by atoms with Crippen molar-refractivity contribution in [2.45, 2.75) is 93.9 Å². The number of carbonyl (C=O) groups is 4. The fourth-order valence-corrected chi connectivity index (χ4v) is 6.77. The molecule has 0 bridgehead atoms. The molecule has 8 nitrogen and oxygen atoms in total. The maximum absolute atomic E-state index is 12.2. The molecule has 0 spiro atoms. The normalized spacial score (nSPS) is 11.2. The molecule has 0 aliphatic heterocycles. The highest BCUT2D eigenvalue weighted by molar-refractivity contribution is 8.18.